The molecule has 0 aliphatic heterocycles. The van der Waals surface area contributed by atoms with E-state index in [1.54, 1.807) is 6.20 Å². The monoisotopic (exact) mass is 226 g/mol. The van der Waals surface area contributed by atoms with Gasteiger partial charge in [0.15, 0.2) is 0 Å². The molecule has 2 rings (SSSR count). The molecule has 0 bridgehead atoms. The Bertz CT molecular complexity index is 345. The van der Waals surface area contributed by atoms with Crippen LogP contribution >= 0.6 is 0 Å². The van der Waals surface area contributed by atoms with Gasteiger partial charge < -0.3 is 5.32 Å². The van der Waals surface area contributed by atoms with Crippen LogP contribution in [0.25, 0.3) is 5.32 Å². The molecular formula is C15H18N2-2. The van der Waals surface area contributed by atoms with Crippen molar-refractivity contribution in [1.82, 2.24) is 4.98 Å². The van der Waals surface area contributed by atoms with Crippen LogP contribution in [-0.4, -0.2) is 4.98 Å². The predicted molar refractivity (Wildman–Crippen MR) is 71.6 cm³/mol. The molecule has 0 unspecified atom stereocenters. The van der Waals surface area contributed by atoms with Crippen LogP contribution < -0.4 is 0 Å². The van der Waals surface area contributed by atoms with E-state index in [4.69, 9.17) is 0 Å². The number of aromatic nitrogens is 1. The summed E-state index contributed by atoms with van der Waals surface area (Å²) in [6, 6.07) is 16.9. The zero-order valence-corrected chi connectivity index (χ0v) is 10.4. The molecule has 1 aromatic carbocycles. The third kappa shape index (κ3) is 5.27. The lowest BCUT2D eigenvalue weighted by Gasteiger charge is -2.21. The number of nitrogens with zero attached hydrogens (tertiary/aromatic N) is 2. The lowest BCUT2D eigenvalue weighted by molar-refractivity contribution is 0.998. The highest BCUT2D eigenvalue weighted by Crippen LogP contribution is 2.07. The molecule has 0 saturated heterocycles. The van der Waals surface area contributed by atoms with E-state index in [9.17, 15) is 0 Å². The van der Waals surface area contributed by atoms with E-state index >= 15 is 0 Å². The van der Waals surface area contributed by atoms with E-state index in [-0.39, 0.29) is 0 Å². The van der Waals surface area contributed by atoms with E-state index in [0.717, 1.165) is 11.3 Å². The van der Waals surface area contributed by atoms with Crippen molar-refractivity contribution < 1.29 is 0 Å². The molecule has 2 aromatic rings. The Morgan fingerprint density at radius 1 is 1.06 bits per heavy atom. The van der Waals surface area contributed by atoms with Crippen molar-refractivity contribution in [3.63, 3.8) is 0 Å². The van der Waals surface area contributed by atoms with Crippen molar-refractivity contribution in [2.75, 3.05) is 0 Å². The van der Waals surface area contributed by atoms with Crippen LogP contribution in [0, 0.1) is 6.07 Å². The van der Waals surface area contributed by atoms with Crippen LogP contribution in [0.1, 0.15) is 25.1 Å². The highest BCUT2D eigenvalue weighted by molar-refractivity contribution is 5.17. The van der Waals surface area contributed by atoms with E-state index in [1.165, 1.54) is 0 Å². The molecule has 0 amide bonds. The van der Waals surface area contributed by atoms with Gasteiger partial charge in [-0.1, -0.05) is 19.9 Å². The number of benzene rings is 1. The summed E-state index contributed by atoms with van der Waals surface area (Å²) in [5.41, 5.74) is 2.13. The minimum absolute atomic E-state index is 0.670. The molecule has 0 spiro atoms. The summed E-state index contributed by atoms with van der Waals surface area (Å²) in [4.78, 5) is 4.21. The molecule has 2 heteroatoms. The summed E-state index contributed by atoms with van der Waals surface area (Å²) in [6.45, 7) is 5.38. The molecule has 0 saturated carbocycles. The van der Waals surface area contributed by atoms with Gasteiger partial charge in [0.2, 0.25) is 0 Å². The summed E-state index contributed by atoms with van der Waals surface area (Å²) in [5, 5.41) is 4.42. The summed E-state index contributed by atoms with van der Waals surface area (Å²) in [6.07, 6.45) is 1.79. The maximum atomic E-state index is 4.42. The van der Waals surface area contributed by atoms with Gasteiger partial charge in [-0.05, 0) is 12.1 Å². The van der Waals surface area contributed by atoms with Crippen molar-refractivity contribution in [2.45, 2.75) is 26.9 Å². The van der Waals surface area contributed by atoms with Crippen molar-refractivity contribution in [3.8, 4) is 0 Å². The van der Waals surface area contributed by atoms with Crippen molar-refractivity contribution in [2.24, 2.45) is 0 Å². The Kier molecular flexibility index (Phi) is 6.68. The largest absolute Gasteiger partial charge is 0.655 e. The first-order valence-electron chi connectivity index (χ1n) is 5.94. The smallest absolute Gasteiger partial charge is 0.0270 e. The van der Waals surface area contributed by atoms with Crippen LogP contribution in [0.3, 0.4) is 0 Å². The lowest BCUT2D eigenvalue weighted by Crippen LogP contribution is -1.90. The third-order valence-corrected chi connectivity index (χ3v) is 2.06. The molecule has 2 nitrogen and oxygen atoms in total. The molecule has 0 radical (unpaired) electrons. The van der Waals surface area contributed by atoms with E-state index in [0.29, 0.717) is 13.1 Å². The Hall–Kier alpha value is -1.67. The molecule has 0 aliphatic carbocycles. The number of hydrogen-bond donors (Lipinski definition) is 0. The van der Waals surface area contributed by atoms with E-state index in [2.05, 4.69) is 16.4 Å². The maximum Gasteiger partial charge on any atom is 0.0270 e. The van der Waals surface area contributed by atoms with Gasteiger partial charge in [-0.2, -0.15) is 35.9 Å². The van der Waals surface area contributed by atoms with Crippen LogP contribution in [0.5, 0.6) is 0 Å². The van der Waals surface area contributed by atoms with Gasteiger partial charge in [0.25, 0.3) is 0 Å². The Morgan fingerprint density at radius 3 is 2.53 bits per heavy atom. The third-order valence-electron chi connectivity index (χ3n) is 2.06. The van der Waals surface area contributed by atoms with Crippen LogP contribution in [-0.2, 0) is 13.1 Å². The van der Waals surface area contributed by atoms with Crippen LogP contribution in [0.15, 0.2) is 48.7 Å². The first kappa shape index (κ1) is 13.4. The van der Waals surface area contributed by atoms with Gasteiger partial charge in [-0.25, -0.2) is 0 Å². The molecule has 0 N–H and O–H groups in total. The molecule has 0 aliphatic rings. The summed E-state index contributed by atoms with van der Waals surface area (Å²) < 4.78 is 0. The van der Waals surface area contributed by atoms with Crippen molar-refractivity contribution in [1.29, 1.82) is 0 Å². The van der Waals surface area contributed by atoms with Gasteiger partial charge >= 0.3 is 0 Å². The first-order chi connectivity index (χ1) is 8.45. The zero-order chi connectivity index (χ0) is 12.3. The fourth-order valence-corrected chi connectivity index (χ4v) is 1.31. The molecule has 90 valence electrons. The van der Waals surface area contributed by atoms with Crippen molar-refractivity contribution >= 4 is 0 Å². The Labute approximate surface area is 104 Å². The standard InChI is InChI=1S/C13H12N2.C2H6/c1-2-6-12(7-3-1)10-14-11-13-8-4-5-9-15-13;1-2/h1-6,8-9H,10-11H2;1-2H3/q-2;. The number of hydrogen-bond acceptors (Lipinski definition) is 1. The van der Waals surface area contributed by atoms with Gasteiger partial charge in [-0.3, -0.25) is 4.98 Å². The van der Waals surface area contributed by atoms with Gasteiger partial charge in [-0.15, -0.1) is 13.1 Å². The molecule has 1 heterocycles. The molecule has 1 aromatic heterocycles. The predicted octanol–water partition coefficient (Wildman–Crippen LogP) is 3.98. The lowest BCUT2D eigenvalue weighted by atomic mass is 10.2. The van der Waals surface area contributed by atoms with Crippen LogP contribution in [0.4, 0.5) is 0 Å². The first-order valence-corrected chi connectivity index (χ1v) is 5.94. The number of rotatable bonds is 4. The highest BCUT2D eigenvalue weighted by Gasteiger charge is 1.82. The van der Waals surface area contributed by atoms with E-state index < -0.39 is 0 Å². The normalized spacial score (nSPS) is 9.29. The van der Waals surface area contributed by atoms with Crippen LogP contribution in [0.2, 0.25) is 0 Å². The van der Waals surface area contributed by atoms with Gasteiger partial charge in [0.1, 0.15) is 0 Å². The van der Waals surface area contributed by atoms with E-state index in [1.807, 2.05) is 56.3 Å². The summed E-state index contributed by atoms with van der Waals surface area (Å²) in [7, 11) is 0. The second-order valence-corrected chi connectivity index (χ2v) is 3.25. The Balaban J connectivity index is 0.000000686. The zero-order valence-electron chi connectivity index (χ0n) is 10.4. The fraction of sp³-hybridized carbons (Fsp3) is 0.267. The summed E-state index contributed by atoms with van der Waals surface area (Å²) in [5.74, 6) is 0. The topological polar surface area (TPSA) is 27.0 Å². The average Bonchev–Trinajstić information content (AvgIpc) is 2.43. The minimum atomic E-state index is 0.670. The quantitative estimate of drug-likeness (QED) is 0.724. The van der Waals surface area contributed by atoms with Gasteiger partial charge in [0, 0.05) is 11.9 Å². The average molecular weight is 226 g/mol. The molecule has 17 heavy (non-hydrogen) atoms. The minimum Gasteiger partial charge on any atom is -0.655 e. The second kappa shape index (κ2) is 8.48. The molecule has 0 atom stereocenters. The summed E-state index contributed by atoms with van der Waals surface area (Å²) >= 11 is 0. The highest BCUT2D eigenvalue weighted by atomic mass is 14.9. The SMILES string of the molecule is CC.[c-]1ccccc1C[N-]Cc1ccccn1. The Morgan fingerprint density at radius 2 is 1.88 bits per heavy atom. The number of pyridine rings is 1. The second-order valence-electron chi connectivity index (χ2n) is 3.25. The van der Waals surface area contributed by atoms with Gasteiger partial charge in [0.05, 0.1) is 0 Å². The fourth-order valence-electron chi connectivity index (χ4n) is 1.31. The maximum absolute atomic E-state index is 4.42. The molecule has 0 fully saturated rings. The van der Waals surface area contributed by atoms with Crippen molar-refractivity contribution in [3.05, 3.63) is 71.3 Å². The molecular weight excluding hydrogens is 208 g/mol.